The lowest BCUT2D eigenvalue weighted by Gasteiger charge is -2.37. The quantitative estimate of drug-likeness (QED) is 0.849. The summed E-state index contributed by atoms with van der Waals surface area (Å²) in [6.45, 7) is 3.06. The molecule has 1 saturated heterocycles. The second-order valence-corrected chi connectivity index (χ2v) is 5.39. The van der Waals surface area contributed by atoms with E-state index in [0.29, 0.717) is 0 Å². The third kappa shape index (κ3) is 2.77. The molecule has 1 atom stereocenters. The van der Waals surface area contributed by atoms with Gasteiger partial charge in [0, 0.05) is 12.0 Å². The molecule has 0 unspecified atom stereocenters. The van der Waals surface area contributed by atoms with Crippen LogP contribution >= 0.6 is 0 Å². The Balaban J connectivity index is 2.47. The van der Waals surface area contributed by atoms with Crippen molar-refractivity contribution in [1.82, 2.24) is 10.4 Å². The Morgan fingerprint density at radius 3 is 2.45 bits per heavy atom. The highest BCUT2D eigenvalue weighted by Crippen LogP contribution is 2.42. The monoisotopic (exact) mass is 290 g/mol. The van der Waals surface area contributed by atoms with Crippen LogP contribution in [0.25, 0.3) is 0 Å². The van der Waals surface area contributed by atoms with Gasteiger partial charge in [-0.05, 0) is 31.5 Å². The molecule has 1 aliphatic rings. The summed E-state index contributed by atoms with van der Waals surface area (Å²) < 4.78 is 53.2. The van der Waals surface area contributed by atoms with Crippen LogP contribution < -0.4 is 5.43 Å². The molecule has 1 fully saturated rings. The minimum Gasteiger partial charge on any atom is -0.287 e. The van der Waals surface area contributed by atoms with E-state index in [0.717, 1.165) is 17.1 Å². The van der Waals surface area contributed by atoms with Gasteiger partial charge >= 0.3 is 6.18 Å². The van der Waals surface area contributed by atoms with Crippen molar-refractivity contribution in [1.29, 1.82) is 0 Å². The van der Waals surface area contributed by atoms with Crippen LogP contribution in [0.1, 0.15) is 31.9 Å². The Morgan fingerprint density at radius 1 is 1.35 bits per heavy atom. The molecule has 3 nitrogen and oxygen atoms in total. The zero-order valence-corrected chi connectivity index (χ0v) is 11.0. The number of amides is 1. The number of nitrogens with zero attached hydrogens (tertiary/aromatic N) is 1. The molecule has 0 saturated carbocycles. The fraction of sp³-hybridized carbons (Fsp3) is 0.462. The summed E-state index contributed by atoms with van der Waals surface area (Å²) in [6.07, 6.45) is -4.68. The van der Waals surface area contributed by atoms with Gasteiger partial charge in [-0.2, -0.15) is 18.2 Å². The number of hydrogen-bond donors (Lipinski definition) is 1. The topological polar surface area (TPSA) is 32.3 Å². The van der Waals surface area contributed by atoms with Crippen LogP contribution in [0.2, 0.25) is 0 Å². The number of carbonyl (C=O) groups excluding carboxylic acids is 1. The molecule has 7 heteroatoms. The summed E-state index contributed by atoms with van der Waals surface area (Å²) in [5.41, 5.74) is 0.968. The van der Waals surface area contributed by atoms with E-state index >= 15 is 0 Å². The maximum absolute atomic E-state index is 13.3. The Hall–Kier alpha value is -1.63. The highest BCUT2D eigenvalue weighted by atomic mass is 19.4. The number of halogens is 4. The fourth-order valence-electron chi connectivity index (χ4n) is 2.38. The van der Waals surface area contributed by atoms with E-state index in [-0.39, 0.29) is 12.0 Å². The molecule has 1 N–H and O–H groups in total. The molecule has 110 valence electrons. The van der Waals surface area contributed by atoms with Crippen LogP contribution in [-0.2, 0) is 4.79 Å². The van der Waals surface area contributed by atoms with Crippen molar-refractivity contribution in [2.75, 3.05) is 0 Å². The van der Waals surface area contributed by atoms with Crippen LogP contribution in [0, 0.1) is 5.82 Å². The summed E-state index contributed by atoms with van der Waals surface area (Å²) in [7, 11) is 0. The van der Waals surface area contributed by atoms with Crippen molar-refractivity contribution < 1.29 is 22.4 Å². The highest BCUT2D eigenvalue weighted by Gasteiger charge is 2.52. The lowest BCUT2D eigenvalue weighted by atomic mass is 9.97. The van der Waals surface area contributed by atoms with Gasteiger partial charge in [-0.25, -0.2) is 4.39 Å². The van der Waals surface area contributed by atoms with Crippen molar-refractivity contribution in [3.05, 3.63) is 35.6 Å². The van der Waals surface area contributed by atoms with Gasteiger partial charge in [0.1, 0.15) is 5.82 Å². The Kier molecular flexibility index (Phi) is 3.49. The summed E-state index contributed by atoms with van der Waals surface area (Å²) in [6, 6.07) is 2.24. The summed E-state index contributed by atoms with van der Waals surface area (Å²) in [5.74, 6) is -1.24. The zero-order valence-electron chi connectivity index (χ0n) is 11.0. The fourth-order valence-corrected chi connectivity index (χ4v) is 2.38. The predicted molar refractivity (Wildman–Crippen MR) is 63.9 cm³/mol. The SMILES string of the molecule is CC1(C)CC(=O)NN1[C@@H](c1cccc(F)c1)C(F)(F)F. The molecule has 0 bridgehead atoms. The summed E-state index contributed by atoms with van der Waals surface area (Å²) >= 11 is 0. The summed E-state index contributed by atoms with van der Waals surface area (Å²) in [4.78, 5) is 11.4. The molecule has 1 aromatic rings. The first-order valence-electron chi connectivity index (χ1n) is 6.02. The molecule has 20 heavy (non-hydrogen) atoms. The molecule has 0 aromatic heterocycles. The smallest absolute Gasteiger partial charge is 0.287 e. The molecule has 1 heterocycles. The third-order valence-electron chi connectivity index (χ3n) is 3.22. The summed E-state index contributed by atoms with van der Waals surface area (Å²) in [5, 5.41) is 0.851. The first-order chi connectivity index (χ1) is 9.11. The van der Waals surface area contributed by atoms with Gasteiger partial charge in [0.2, 0.25) is 5.91 Å². The molecule has 0 spiro atoms. The van der Waals surface area contributed by atoms with Gasteiger partial charge < -0.3 is 0 Å². The average Bonchev–Trinajstić information content (AvgIpc) is 2.50. The molecule has 1 amide bonds. The number of hydrazine groups is 1. The Bertz CT molecular complexity index is 527. The van der Waals surface area contributed by atoms with Crippen LogP contribution in [0.15, 0.2) is 24.3 Å². The number of carbonyl (C=O) groups is 1. The zero-order chi connectivity index (χ0) is 15.1. The standard InChI is InChI=1S/C13H14F4N2O/c1-12(2)7-10(20)18-19(12)11(13(15,16)17)8-4-3-5-9(14)6-8/h3-6,11H,7H2,1-2H3,(H,18,20)/t11-/m0/s1. The van der Waals surface area contributed by atoms with E-state index in [2.05, 4.69) is 5.43 Å². The highest BCUT2D eigenvalue weighted by molar-refractivity contribution is 5.79. The maximum Gasteiger partial charge on any atom is 0.409 e. The lowest BCUT2D eigenvalue weighted by Crippen LogP contribution is -2.51. The predicted octanol–water partition coefficient (Wildman–Crippen LogP) is 2.94. The van der Waals surface area contributed by atoms with Crippen LogP contribution in [-0.4, -0.2) is 22.6 Å². The molecule has 2 rings (SSSR count). The first-order valence-corrected chi connectivity index (χ1v) is 6.02. The van der Waals surface area contributed by atoms with E-state index < -0.39 is 29.5 Å². The number of benzene rings is 1. The number of nitrogens with one attached hydrogen (secondary N) is 1. The lowest BCUT2D eigenvalue weighted by molar-refractivity contribution is -0.203. The van der Waals surface area contributed by atoms with Gasteiger partial charge in [0.25, 0.3) is 0 Å². The maximum atomic E-state index is 13.3. The molecular formula is C13H14F4N2O. The van der Waals surface area contributed by atoms with E-state index in [1.807, 2.05) is 0 Å². The largest absolute Gasteiger partial charge is 0.409 e. The first kappa shape index (κ1) is 14.8. The second kappa shape index (κ2) is 4.73. The second-order valence-electron chi connectivity index (χ2n) is 5.39. The minimum absolute atomic E-state index is 0.0467. The minimum atomic E-state index is -4.64. The van der Waals surface area contributed by atoms with Gasteiger partial charge in [-0.15, -0.1) is 0 Å². The van der Waals surface area contributed by atoms with Crippen molar-refractivity contribution in [2.45, 2.75) is 38.0 Å². The van der Waals surface area contributed by atoms with Crippen molar-refractivity contribution in [3.63, 3.8) is 0 Å². The number of rotatable bonds is 2. The van der Waals surface area contributed by atoms with Gasteiger partial charge in [0.05, 0.1) is 0 Å². The normalized spacial score (nSPS) is 20.8. The van der Waals surface area contributed by atoms with Gasteiger partial charge in [0.15, 0.2) is 6.04 Å². The Labute approximate surface area is 113 Å². The van der Waals surface area contributed by atoms with Crippen LogP contribution in [0.5, 0.6) is 0 Å². The van der Waals surface area contributed by atoms with Crippen molar-refractivity contribution in [2.24, 2.45) is 0 Å². The Morgan fingerprint density at radius 2 is 2.00 bits per heavy atom. The van der Waals surface area contributed by atoms with Gasteiger partial charge in [-0.3, -0.25) is 10.2 Å². The van der Waals surface area contributed by atoms with Crippen molar-refractivity contribution in [3.8, 4) is 0 Å². The molecule has 0 aliphatic carbocycles. The molecule has 1 aliphatic heterocycles. The molecule has 1 aromatic carbocycles. The average molecular weight is 290 g/mol. The van der Waals surface area contributed by atoms with E-state index in [1.54, 1.807) is 0 Å². The van der Waals surface area contributed by atoms with E-state index in [4.69, 9.17) is 0 Å². The van der Waals surface area contributed by atoms with E-state index in [9.17, 15) is 22.4 Å². The molecule has 0 radical (unpaired) electrons. The van der Waals surface area contributed by atoms with Crippen LogP contribution in [0.3, 0.4) is 0 Å². The van der Waals surface area contributed by atoms with E-state index in [1.165, 1.54) is 26.0 Å². The van der Waals surface area contributed by atoms with Crippen LogP contribution in [0.4, 0.5) is 17.6 Å². The van der Waals surface area contributed by atoms with Gasteiger partial charge in [-0.1, -0.05) is 12.1 Å². The molecular weight excluding hydrogens is 276 g/mol. The number of hydrogen-bond acceptors (Lipinski definition) is 2. The number of alkyl halides is 3. The van der Waals surface area contributed by atoms with Crippen molar-refractivity contribution >= 4 is 5.91 Å². The third-order valence-corrected chi connectivity index (χ3v) is 3.22.